The van der Waals surface area contributed by atoms with Gasteiger partial charge in [-0.05, 0) is 35.8 Å². The number of rotatable bonds is 4. The lowest BCUT2D eigenvalue weighted by Gasteiger charge is -2.22. The molecule has 128 valence electrons. The molecule has 0 aromatic heterocycles. The average molecular weight is 334 g/mol. The van der Waals surface area contributed by atoms with Crippen LogP contribution in [0.15, 0.2) is 42.0 Å². The molecule has 0 saturated heterocycles. The number of nitrogens with one attached hydrogen (secondary N) is 1. The maximum absolute atomic E-state index is 12.5. The molecule has 3 rings (SSSR count). The van der Waals surface area contributed by atoms with Crippen LogP contribution in [-0.2, 0) is 4.79 Å². The van der Waals surface area contributed by atoms with E-state index in [-0.39, 0.29) is 17.5 Å². The summed E-state index contributed by atoms with van der Waals surface area (Å²) < 4.78 is 5.44. The lowest BCUT2D eigenvalue weighted by Crippen LogP contribution is -2.36. The zero-order valence-electron chi connectivity index (χ0n) is 14.4. The largest absolute Gasteiger partial charge is 0.496 e. The SMILES string of the molecule is COc1ccc2ccccc2c1/C=C(\C#N)C(=O)NC1CCCCC1. The fourth-order valence-corrected chi connectivity index (χ4v) is 3.41. The van der Waals surface area contributed by atoms with E-state index < -0.39 is 0 Å². The molecule has 1 N–H and O–H groups in total. The number of hydrogen-bond donors (Lipinski definition) is 1. The zero-order valence-corrected chi connectivity index (χ0v) is 14.4. The number of nitrogens with zero attached hydrogens (tertiary/aromatic N) is 1. The number of ether oxygens (including phenoxy) is 1. The Balaban J connectivity index is 1.95. The highest BCUT2D eigenvalue weighted by molar-refractivity contribution is 6.05. The quantitative estimate of drug-likeness (QED) is 0.673. The predicted octanol–water partition coefficient (Wildman–Crippen LogP) is 4.20. The molecule has 0 radical (unpaired) electrons. The molecule has 0 bridgehead atoms. The van der Waals surface area contributed by atoms with E-state index in [1.54, 1.807) is 13.2 Å². The summed E-state index contributed by atoms with van der Waals surface area (Å²) in [7, 11) is 1.59. The minimum absolute atomic E-state index is 0.111. The van der Waals surface area contributed by atoms with Crippen molar-refractivity contribution in [1.82, 2.24) is 5.32 Å². The molecule has 25 heavy (non-hydrogen) atoms. The Morgan fingerprint density at radius 3 is 2.68 bits per heavy atom. The van der Waals surface area contributed by atoms with E-state index in [0.29, 0.717) is 5.75 Å². The van der Waals surface area contributed by atoms with Gasteiger partial charge in [0, 0.05) is 11.6 Å². The lowest BCUT2D eigenvalue weighted by atomic mass is 9.95. The lowest BCUT2D eigenvalue weighted by molar-refractivity contribution is -0.117. The standard InChI is InChI=1S/C21H22N2O2/c1-25-20-12-11-15-7-5-6-10-18(15)19(20)13-16(14-22)21(24)23-17-8-3-2-4-9-17/h5-7,10-13,17H,2-4,8-9H2,1H3,(H,23,24)/b16-13+. The molecule has 0 atom stereocenters. The summed E-state index contributed by atoms with van der Waals surface area (Å²) in [6.45, 7) is 0. The monoisotopic (exact) mass is 334 g/mol. The highest BCUT2D eigenvalue weighted by Gasteiger charge is 2.19. The average Bonchev–Trinajstić information content (AvgIpc) is 2.66. The van der Waals surface area contributed by atoms with Crippen LogP contribution in [-0.4, -0.2) is 19.1 Å². The third kappa shape index (κ3) is 3.83. The first-order valence-electron chi connectivity index (χ1n) is 8.71. The molecule has 4 heteroatoms. The number of nitriles is 1. The molecule has 1 fully saturated rings. The summed E-state index contributed by atoms with van der Waals surface area (Å²) in [6.07, 6.45) is 7.10. The van der Waals surface area contributed by atoms with Crippen molar-refractivity contribution in [3.63, 3.8) is 0 Å². The molecule has 1 aliphatic carbocycles. The van der Waals surface area contributed by atoms with Crippen LogP contribution in [0, 0.1) is 11.3 Å². The second-order valence-corrected chi connectivity index (χ2v) is 6.38. The number of carbonyl (C=O) groups is 1. The van der Waals surface area contributed by atoms with E-state index in [1.807, 2.05) is 42.5 Å². The molecule has 1 saturated carbocycles. The molecule has 0 spiro atoms. The summed E-state index contributed by atoms with van der Waals surface area (Å²) in [5, 5.41) is 14.5. The molecular weight excluding hydrogens is 312 g/mol. The van der Waals surface area contributed by atoms with Crippen molar-refractivity contribution >= 4 is 22.8 Å². The van der Waals surface area contributed by atoms with Crippen LogP contribution >= 0.6 is 0 Å². The first-order valence-corrected chi connectivity index (χ1v) is 8.71. The highest BCUT2D eigenvalue weighted by atomic mass is 16.5. The van der Waals surface area contributed by atoms with Crippen molar-refractivity contribution in [1.29, 1.82) is 5.26 Å². The minimum Gasteiger partial charge on any atom is -0.496 e. The third-order valence-electron chi connectivity index (χ3n) is 4.74. The van der Waals surface area contributed by atoms with Gasteiger partial charge in [-0.3, -0.25) is 4.79 Å². The molecule has 1 amide bonds. The molecule has 0 aliphatic heterocycles. The van der Waals surface area contributed by atoms with Gasteiger partial charge in [0.25, 0.3) is 5.91 Å². The van der Waals surface area contributed by atoms with Gasteiger partial charge in [-0.2, -0.15) is 5.26 Å². The van der Waals surface area contributed by atoms with Crippen LogP contribution in [0.2, 0.25) is 0 Å². The van der Waals surface area contributed by atoms with Gasteiger partial charge in [0.2, 0.25) is 0 Å². The van der Waals surface area contributed by atoms with Gasteiger partial charge in [-0.25, -0.2) is 0 Å². The number of hydrogen-bond acceptors (Lipinski definition) is 3. The molecule has 2 aromatic rings. The van der Waals surface area contributed by atoms with E-state index in [1.165, 1.54) is 6.42 Å². The first-order chi connectivity index (χ1) is 12.2. The first kappa shape index (κ1) is 17.0. The summed E-state index contributed by atoms with van der Waals surface area (Å²) in [4.78, 5) is 12.5. The highest BCUT2D eigenvalue weighted by Crippen LogP contribution is 2.30. The second-order valence-electron chi connectivity index (χ2n) is 6.38. The molecule has 1 aliphatic rings. The minimum atomic E-state index is -0.301. The Kier molecular flexibility index (Phi) is 5.35. The van der Waals surface area contributed by atoms with Crippen LogP contribution in [0.4, 0.5) is 0 Å². The summed E-state index contributed by atoms with van der Waals surface area (Å²) in [6, 6.07) is 13.9. The topological polar surface area (TPSA) is 62.1 Å². The summed E-state index contributed by atoms with van der Waals surface area (Å²) in [5.74, 6) is 0.348. The fraction of sp³-hybridized carbons (Fsp3) is 0.333. The maximum Gasteiger partial charge on any atom is 0.262 e. The summed E-state index contributed by atoms with van der Waals surface area (Å²) >= 11 is 0. The van der Waals surface area contributed by atoms with Gasteiger partial charge in [-0.1, -0.05) is 49.6 Å². The Labute approximate surface area is 148 Å². The van der Waals surface area contributed by atoms with Crippen LogP contribution in [0.5, 0.6) is 5.75 Å². The van der Waals surface area contributed by atoms with Crippen LogP contribution < -0.4 is 10.1 Å². The van der Waals surface area contributed by atoms with Crippen LogP contribution in [0.3, 0.4) is 0 Å². The maximum atomic E-state index is 12.5. The Morgan fingerprint density at radius 2 is 1.96 bits per heavy atom. The van der Waals surface area contributed by atoms with E-state index >= 15 is 0 Å². The number of fused-ring (bicyclic) bond motifs is 1. The summed E-state index contributed by atoms with van der Waals surface area (Å²) in [5.41, 5.74) is 0.871. The van der Waals surface area contributed by atoms with Crippen LogP contribution in [0.25, 0.3) is 16.8 Å². The Bertz CT molecular complexity index is 843. The van der Waals surface area contributed by atoms with Crippen molar-refractivity contribution in [2.75, 3.05) is 7.11 Å². The van der Waals surface area contributed by atoms with Gasteiger partial charge in [-0.15, -0.1) is 0 Å². The van der Waals surface area contributed by atoms with Gasteiger partial charge >= 0.3 is 0 Å². The van der Waals surface area contributed by atoms with Crippen molar-refractivity contribution in [3.05, 3.63) is 47.5 Å². The van der Waals surface area contributed by atoms with Gasteiger partial charge in [0.1, 0.15) is 17.4 Å². The van der Waals surface area contributed by atoms with Crippen molar-refractivity contribution in [2.45, 2.75) is 38.1 Å². The van der Waals surface area contributed by atoms with E-state index in [4.69, 9.17) is 4.74 Å². The normalized spacial score (nSPS) is 15.6. The Hall–Kier alpha value is -2.80. The van der Waals surface area contributed by atoms with Gasteiger partial charge < -0.3 is 10.1 Å². The third-order valence-corrected chi connectivity index (χ3v) is 4.74. The fourth-order valence-electron chi connectivity index (χ4n) is 3.41. The molecule has 2 aromatic carbocycles. The molecular formula is C21H22N2O2. The van der Waals surface area contributed by atoms with Crippen molar-refractivity contribution in [2.24, 2.45) is 0 Å². The van der Waals surface area contributed by atoms with Crippen molar-refractivity contribution < 1.29 is 9.53 Å². The number of carbonyl (C=O) groups excluding carboxylic acids is 1. The molecule has 0 heterocycles. The zero-order chi connectivity index (χ0) is 17.6. The van der Waals surface area contributed by atoms with Crippen LogP contribution in [0.1, 0.15) is 37.7 Å². The van der Waals surface area contributed by atoms with Crippen molar-refractivity contribution in [3.8, 4) is 11.8 Å². The molecule has 4 nitrogen and oxygen atoms in total. The van der Waals surface area contributed by atoms with E-state index in [9.17, 15) is 10.1 Å². The van der Waals surface area contributed by atoms with Gasteiger partial charge in [0.15, 0.2) is 0 Å². The van der Waals surface area contributed by atoms with E-state index in [0.717, 1.165) is 42.0 Å². The Morgan fingerprint density at radius 1 is 1.20 bits per heavy atom. The smallest absolute Gasteiger partial charge is 0.262 e. The van der Waals surface area contributed by atoms with E-state index in [2.05, 4.69) is 5.32 Å². The number of benzene rings is 2. The van der Waals surface area contributed by atoms with Gasteiger partial charge in [0.05, 0.1) is 7.11 Å². The predicted molar refractivity (Wildman–Crippen MR) is 99.1 cm³/mol. The number of amides is 1. The number of methoxy groups -OCH3 is 1. The second kappa shape index (κ2) is 7.85. The molecule has 0 unspecified atom stereocenters.